The molecule has 0 spiro atoms. The summed E-state index contributed by atoms with van der Waals surface area (Å²) < 4.78 is 31.1. The highest BCUT2D eigenvalue weighted by atomic mass is 19.2. The van der Waals surface area contributed by atoms with Gasteiger partial charge in [0, 0.05) is 32.0 Å². The molecule has 1 heterocycles. The maximum atomic E-state index is 13.2. The van der Waals surface area contributed by atoms with Crippen LogP contribution >= 0.6 is 0 Å². The predicted molar refractivity (Wildman–Crippen MR) is 81.1 cm³/mol. The zero-order chi connectivity index (χ0) is 15.9. The number of methoxy groups -OCH3 is 1. The molecule has 0 bridgehead atoms. The molecule has 0 saturated heterocycles. The summed E-state index contributed by atoms with van der Waals surface area (Å²) in [5.74, 6) is -1.08. The van der Waals surface area contributed by atoms with E-state index in [-0.39, 0.29) is 0 Å². The highest BCUT2D eigenvalue weighted by Gasteiger charge is 2.09. The fourth-order valence-corrected chi connectivity index (χ4v) is 1.77. The molecule has 0 saturated carbocycles. The van der Waals surface area contributed by atoms with Gasteiger partial charge in [0.05, 0.1) is 0 Å². The summed E-state index contributed by atoms with van der Waals surface area (Å²) in [5, 5.41) is 5.90. The molecular weight excluding hydrogens is 292 g/mol. The standard InChI is InChI=1S/C14H17F2N5O/c1-22-6-2-5-18-13-12(17)14(20-8-19-13)21-9-3-4-10(15)11(16)7-9/h3-4,7-8H,2,5-6,17H2,1H3,(H2,18,19,20,21). The van der Waals surface area contributed by atoms with E-state index < -0.39 is 11.6 Å². The van der Waals surface area contributed by atoms with Crippen molar-refractivity contribution in [1.29, 1.82) is 0 Å². The molecule has 118 valence electrons. The minimum atomic E-state index is -0.949. The Balaban J connectivity index is 2.09. The minimum Gasteiger partial charge on any atom is -0.393 e. The first-order valence-electron chi connectivity index (χ1n) is 6.67. The van der Waals surface area contributed by atoms with E-state index in [1.54, 1.807) is 7.11 Å². The fraction of sp³-hybridized carbons (Fsp3) is 0.286. The second kappa shape index (κ2) is 7.51. The first kappa shape index (κ1) is 15.9. The lowest BCUT2D eigenvalue weighted by atomic mass is 10.3. The largest absolute Gasteiger partial charge is 0.393 e. The van der Waals surface area contributed by atoms with Crippen LogP contribution in [-0.2, 0) is 4.74 Å². The van der Waals surface area contributed by atoms with Crippen LogP contribution in [0.4, 0.5) is 31.8 Å². The number of hydrogen-bond acceptors (Lipinski definition) is 6. The van der Waals surface area contributed by atoms with Gasteiger partial charge in [0.15, 0.2) is 23.3 Å². The summed E-state index contributed by atoms with van der Waals surface area (Å²) >= 11 is 0. The minimum absolute atomic E-state index is 0.296. The van der Waals surface area contributed by atoms with Crippen LogP contribution in [0.5, 0.6) is 0 Å². The lowest BCUT2D eigenvalue weighted by Crippen LogP contribution is -2.10. The van der Waals surface area contributed by atoms with Gasteiger partial charge in [-0.25, -0.2) is 18.7 Å². The molecule has 1 aromatic carbocycles. The topological polar surface area (TPSA) is 85.1 Å². The van der Waals surface area contributed by atoms with Gasteiger partial charge in [0.2, 0.25) is 0 Å². The lowest BCUT2D eigenvalue weighted by molar-refractivity contribution is 0.198. The van der Waals surface area contributed by atoms with E-state index >= 15 is 0 Å². The first-order chi connectivity index (χ1) is 10.6. The Morgan fingerprint density at radius 3 is 2.68 bits per heavy atom. The van der Waals surface area contributed by atoms with Gasteiger partial charge in [-0.3, -0.25) is 0 Å². The lowest BCUT2D eigenvalue weighted by Gasteiger charge is -2.12. The van der Waals surface area contributed by atoms with E-state index in [1.165, 1.54) is 12.4 Å². The number of nitrogens with one attached hydrogen (secondary N) is 2. The van der Waals surface area contributed by atoms with Crippen molar-refractivity contribution >= 4 is 23.0 Å². The van der Waals surface area contributed by atoms with E-state index in [0.717, 1.165) is 18.6 Å². The van der Waals surface area contributed by atoms with Crippen molar-refractivity contribution in [2.24, 2.45) is 0 Å². The molecule has 2 aromatic rings. The van der Waals surface area contributed by atoms with Gasteiger partial charge in [0.1, 0.15) is 12.0 Å². The SMILES string of the molecule is COCCCNc1ncnc(Nc2ccc(F)c(F)c2)c1N. The maximum absolute atomic E-state index is 13.2. The third-order valence-electron chi connectivity index (χ3n) is 2.88. The number of rotatable bonds is 7. The molecule has 0 atom stereocenters. The maximum Gasteiger partial charge on any atom is 0.160 e. The molecule has 0 amide bonds. The van der Waals surface area contributed by atoms with Gasteiger partial charge < -0.3 is 21.1 Å². The second-order valence-electron chi connectivity index (χ2n) is 4.51. The quantitative estimate of drug-likeness (QED) is 0.682. The summed E-state index contributed by atoms with van der Waals surface area (Å²) in [7, 11) is 1.63. The monoisotopic (exact) mass is 309 g/mol. The number of hydrogen-bond donors (Lipinski definition) is 3. The summed E-state index contributed by atoms with van der Waals surface area (Å²) in [6.45, 7) is 1.26. The Kier molecular flexibility index (Phi) is 5.42. The molecular formula is C14H17F2N5O. The summed E-state index contributed by atoms with van der Waals surface area (Å²) in [4.78, 5) is 8.05. The van der Waals surface area contributed by atoms with Crippen LogP contribution in [0.1, 0.15) is 6.42 Å². The van der Waals surface area contributed by atoms with Crippen LogP contribution in [0, 0.1) is 11.6 Å². The molecule has 4 N–H and O–H groups in total. The Morgan fingerprint density at radius 1 is 1.18 bits per heavy atom. The summed E-state index contributed by atoms with van der Waals surface area (Å²) in [5.41, 5.74) is 6.60. The van der Waals surface area contributed by atoms with Crippen molar-refractivity contribution in [2.45, 2.75) is 6.42 Å². The van der Waals surface area contributed by atoms with Crippen molar-refractivity contribution in [3.63, 3.8) is 0 Å². The van der Waals surface area contributed by atoms with Crippen LogP contribution < -0.4 is 16.4 Å². The number of aromatic nitrogens is 2. The average Bonchev–Trinajstić information content (AvgIpc) is 2.51. The van der Waals surface area contributed by atoms with E-state index in [1.807, 2.05) is 0 Å². The molecule has 6 nitrogen and oxygen atoms in total. The highest BCUT2D eigenvalue weighted by Crippen LogP contribution is 2.26. The molecule has 22 heavy (non-hydrogen) atoms. The molecule has 0 fully saturated rings. The number of nitrogens with zero attached hydrogens (tertiary/aromatic N) is 2. The van der Waals surface area contributed by atoms with E-state index in [9.17, 15) is 8.78 Å². The van der Waals surface area contributed by atoms with Crippen LogP contribution in [0.3, 0.4) is 0 Å². The Morgan fingerprint density at radius 2 is 1.95 bits per heavy atom. The molecule has 8 heteroatoms. The Bertz CT molecular complexity index is 639. The Hall–Kier alpha value is -2.48. The van der Waals surface area contributed by atoms with Gasteiger partial charge in [-0.1, -0.05) is 0 Å². The highest BCUT2D eigenvalue weighted by molar-refractivity contribution is 5.77. The summed E-state index contributed by atoms with van der Waals surface area (Å²) in [6.07, 6.45) is 2.13. The Labute approximate surface area is 126 Å². The van der Waals surface area contributed by atoms with E-state index in [4.69, 9.17) is 10.5 Å². The van der Waals surface area contributed by atoms with Crippen LogP contribution in [0.25, 0.3) is 0 Å². The van der Waals surface area contributed by atoms with Gasteiger partial charge in [0.25, 0.3) is 0 Å². The van der Waals surface area contributed by atoms with Crippen molar-refractivity contribution in [2.75, 3.05) is 36.6 Å². The van der Waals surface area contributed by atoms with Gasteiger partial charge >= 0.3 is 0 Å². The molecule has 0 unspecified atom stereocenters. The van der Waals surface area contributed by atoms with Crippen LogP contribution in [-0.4, -0.2) is 30.2 Å². The molecule has 0 aliphatic rings. The molecule has 2 rings (SSSR count). The molecule has 0 radical (unpaired) electrons. The van der Waals surface area contributed by atoms with Gasteiger partial charge in [-0.05, 0) is 18.6 Å². The van der Waals surface area contributed by atoms with Crippen molar-refractivity contribution < 1.29 is 13.5 Å². The zero-order valence-corrected chi connectivity index (χ0v) is 12.1. The molecule has 0 aliphatic heterocycles. The predicted octanol–water partition coefficient (Wildman–Crippen LogP) is 2.53. The average molecular weight is 309 g/mol. The van der Waals surface area contributed by atoms with E-state index in [0.29, 0.717) is 36.2 Å². The number of benzene rings is 1. The fourth-order valence-electron chi connectivity index (χ4n) is 1.77. The van der Waals surface area contributed by atoms with Gasteiger partial charge in [-0.2, -0.15) is 0 Å². The number of nitrogens with two attached hydrogens (primary N) is 1. The summed E-state index contributed by atoms with van der Waals surface area (Å²) in [6, 6.07) is 3.45. The molecule has 1 aromatic heterocycles. The smallest absolute Gasteiger partial charge is 0.160 e. The number of anilines is 4. The van der Waals surface area contributed by atoms with Crippen molar-refractivity contribution in [3.05, 3.63) is 36.2 Å². The molecule has 0 aliphatic carbocycles. The number of nitrogen functional groups attached to an aromatic ring is 1. The van der Waals surface area contributed by atoms with Crippen LogP contribution in [0.15, 0.2) is 24.5 Å². The third kappa shape index (κ3) is 4.01. The first-order valence-corrected chi connectivity index (χ1v) is 6.67. The van der Waals surface area contributed by atoms with Gasteiger partial charge in [-0.15, -0.1) is 0 Å². The zero-order valence-electron chi connectivity index (χ0n) is 12.1. The van der Waals surface area contributed by atoms with E-state index in [2.05, 4.69) is 20.6 Å². The normalized spacial score (nSPS) is 10.5. The van der Waals surface area contributed by atoms with Crippen LogP contribution in [0.2, 0.25) is 0 Å². The van der Waals surface area contributed by atoms with Crippen molar-refractivity contribution in [1.82, 2.24) is 9.97 Å². The number of halogens is 2. The number of ether oxygens (including phenoxy) is 1. The second-order valence-corrected chi connectivity index (χ2v) is 4.51. The third-order valence-corrected chi connectivity index (χ3v) is 2.88. The van der Waals surface area contributed by atoms with Crippen molar-refractivity contribution in [3.8, 4) is 0 Å².